The number of aromatic nitrogens is 1. The molecule has 0 N–H and O–H groups in total. The Morgan fingerprint density at radius 3 is 2.41 bits per heavy atom. The van der Waals surface area contributed by atoms with Crippen LogP contribution in [0.2, 0.25) is 5.15 Å². The van der Waals surface area contributed by atoms with Crippen molar-refractivity contribution >= 4 is 23.4 Å². The molecule has 2 saturated heterocycles. The van der Waals surface area contributed by atoms with Crippen LogP contribution in [-0.4, -0.2) is 71.3 Å². The second-order valence-electron chi connectivity index (χ2n) is 8.74. The maximum Gasteiger partial charge on any atom is 0.410 e. The molecule has 2 aliphatic rings. The van der Waals surface area contributed by atoms with E-state index in [4.69, 9.17) is 16.3 Å². The molecule has 9 heteroatoms. The molecule has 3 rings (SSSR count). The Morgan fingerprint density at radius 1 is 1.28 bits per heavy atom. The number of carbonyl (C=O) groups excluding carboxylic acids is 1. The van der Waals surface area contributed by atoms with Crippen molar-refractivity contribution in [1.29, 1.82) is 0 Å². The molecule has 0 radical (unpaired) electrons. The van der Waals surface area contributed by atoms with Gasteiger partial charge in [0, 0.05) is 50.5 Å². The molecule has 0 aliphatic carbocycles. The van der Waals surface area contributed by atoms with Gasteiger partial charge in [0.1, 0.15) is 16.4 Å². The van der Waals surface area contributed by atoms with Crippen molar-refractivity contribution in [2.45, 2.75) is 58.7 Å². The summed E-state index contributed by atoms with van der Waals surface area (Å²) in [7, 11) is 0. The molecule has 3 heterocycles. The lowest BCUT2D eigenvalue weighted by Gasteiger charge is -2.54. The van der Waals surface area contributed by atoms with E-state index in [1.807, 2.05) is 20.8 Å². The van der Waals surface area contributed by atoms with Crippen LogP contribution in [0.25, 0.3) is 0 Å². The number of hydrogen-bond acceptors (Lipinski definition) is 5. The Kier molecular flexibility index (Phi) is 6.24. The van der Waals surface area contributed by atoms with Crippen LogP contribution in [0.15, 0.2) is 6.07 Å². The number of ether oxygens (including phenoxy) is 1. The zero-order valence-electron chi connectivity index (χ0n) is 17.6. The standard InChI is InChI=1S/C20H29ClF2N4O2/c1-12-14(10-16(21)24-17(12)18(22)23)27-11-15(13(27)2)25-6-8-26(9-7-25)19(28)29-20(3,4)5/h10,13,15,18H,6-9,11H2,1-5H3/t13-,15-/m1/s1. The van der Waals surface area contributed by atoms with Gasteiger partial charge in [-0.2, -0.15) is 0 Å². The van der Waals surface area contributed by atoms with E-state index in [1.165, 1.54) is 0 Å². The average Bonchev–Trinajstić information content (AvgIpc) is 2.62. The quantitative estimate of drug-likeness (QED) is 0.675. The summed E-state index contributed by atoms with van der Waals surface area (Å²) in [5.41, 5.74) is 0.438. The van der Waals surface area contributed by atoms with Crippen LogP contribution in [0, 0.1) is 6.92 Å². The molecule has 1 aromatic rings. The molecule has 0 saturated carbocycles. The van der Waals surface area contributed by atoms with Crippen LogP contribution in [0.1, 0.15) is 45.4 Å². The lowest BCUT2D eigenvalue weighted by molar-refractivity contribution is 0.00577. The van der Waals surface area contributed by atoms with E-state index in [1.54, 1.807) is 17.9 Å². The molecule has 0 bridgehead atoms. The Balaban J connectivity index is 1.60. The van der Waals surface area contributed by atoms with Crippen LogP contribution in [0.3, 0.4) is 0 Å². The fraction of sp³-hybridized carbons (Fsp3) is 0.700. The molecule has 0 aromatic carbocycles. The van der Waals surface area contributed by atoms with E-state index in [9.17, 15) is 13.6 Å². The highest BCUT2D eigenvalue weighted by Crippen LogP contribution is 2.37. The third-order valence-electron chi connectivity index (χ3n) is 5.63. The molecule has 2 aliphatic heterocycles. The third-order valence-corrected chi connectivity index (χ3v) is 5.83. The van der Waals surface area contributed by atoms with Gasteiger partial charge in [-0.1, -0.05) is 11.6 Å². The van der Waals surface area contributed by atoms with Gasteiger partial charge in [-0.25, -0.2) is 18.6 Å². The molecule has 0 unspecified atom stereocenters. The zero-order valence-corrected chi connectivity index (χ0v) is 18.3. The summed E-state index contributed by atoms with van der Waals surface area (Å²) in [6, 6.07) is 2.12. The highest BCUT2D eigenvalue weighted by atomic mass is 35.5. The zero-order chi connectivity index (χ0) is 21.5. The van der Waals surface area contributed by atoms with Gasteiger partial charge >= 0.3 is 6.09 Å². The van der Waals surface area contributed by atoms with Crippen LogP contribution in [0.5, 0.6) is 0 Å². The smallest absolute Gasteiger partial charge is 0.410 e. The van der Waals surface area contributed by atoms with Gasteiger partial charge in [-0.05, 0) is 46.2 Å². The highest BCUT2D eigenvalue weighted by molar-refractivity contribution is 6.29. The SMILES string of the molecule is Cc1c(N2C[C@@H](N3CCN(C(=O)OC(C)(C)C)CC3)[C@H]2C)cc(Cl)nc1C(F)F. The van der Waals surface area contributed by atoms with Crippen LogP contribution in [0.4, 0.5) is 19.3 Å². The molecule has 6 nitrogen and oxygen atoms in total. The average molecular weight is 431 g/mol. The number of carbonyl (C=O) groups is 1. The summed E-state index contributed by atoms with van der Waals surface area (Å²) >= 11 is 5.98. The predicted molar refractivity (Wildman–Crippen MR) is 109 cm³/mol. The Bertz CT molecular complexity index is 764. The first-order valence-electron chi connectivity index (χ1n) is 9.91. The Labute approximate surface area is 175 Å². The van der Waals surface area contributed by atoms with Crippen LogP contribution in [-0.2, 0) is 4.74 Å². The van der Waals surface area contributed by atoms with E-state index in [0.29, 0.717) is 24.7 Å². The van der Waals surface area contributed by atoms with E-state index >= 15 is 0 Å². The number of pyridine rings is 1. The molecular formula is C20H29ClF2N4O2. The molecule has 1 amide bonds. The van der Waals surface area contributed by atoms with Crippen molar-refractivity contribution < 1.29 is 18.3 Å². The number of amides is 1. The van der Waals surface area contributed by atoms with Gasteiger partial charge in [-0.3, -0.25) is 4.90 Å². The number of halogens is 3. The predicted octanol–water partition coefficient (Wildman–Crippen LogP) is 4.11. The number of rotatable bonds is 3. The second-order valence-corrected chi connectivity index (χ2v) is 9.13. The van der Waals surface area contributed by atoms with Gasteiger partial charge in [0.05, 0.1) is 0 Å². The van der Waals surface area contributed by atoms with E-state index in [-0.39, 0.29) is 23.0 Å². The fourth-order valence-electron chi connectivity index (χ4n) is 3.99. The van der Waals surface area contributed by atoms with Crippen molar-refractivity contribution in [2.24, 2.45) is 0 Å². The van der Waals surface area contributed by atoms with Crippen molar-refractivity contribution in [1.82, 2.24) is 14.8 Å². The second kappa shape index (κ2) is 8.22. The first-order chi connectivity index (χ1) is 13.5. The van der Waals surface area contributed by atoms with Gasteiger partial charge in [0.2, 0.25) is 0 Å². The molecule has 2 fully saturated rings. The van der Waals surface area contributed by atoms with E-state index in [2.05, 4.69) is 21.7 Å². The molecule has 0 spiro atoms. The number of hydrogen-bond donors (Lipinski definition) is 0. The minimum Gasteiger partial charge on any atom is -0.444 e. The van der Waals surface area contributed by atoms with Crippen molar-refractivity contribution in [3.63, 3.8) is 0 Å². The van der Waals surface area contributed by atoms with Crippen molar-refractivity contribution in [2.75, 3.05) is 37.6 Å². The highest BCUT2D eigenvalue weighted by Gasteiger charge is 2.42. The van der Waals surface area contributed by atoms with Gasteiger partial charge < -0.3 is 14.5 Å². The number of anilines is 1. The summed E-state index contributed by atoms with van der Waals surface area (Å²) in [5.74, 6) is 0. The summed E-state index contributed by atoms with van der Waals surface area (Å²) in [5, 5.41) is 0.0857. The maximum absolute atomic E-state index is 13.3. The summed E-state index contributed by atoms with van der Waals surface area (Å²) < 4.78 is 31.9. The van der Waals surface area contributed by atoms with Gasteiger partial charge in [0.15, 0.2) is 0 Å². The number of nitrogens with zero attached hydrogens (tertiary/aromatic N) is 4. The number of alkyl halides is 2. The lowest BCUT2D eigenvalue weighted by Crippen LogP contribution is -2.68. The minimum absolute atomic E-state index is 0.0857. The molecule has 162 valence electrons. The summed E-state index contributed by atoms with van der Waals surface area (Å²) in [6.07, 6.45) is -2.93. The summed E-state index contributed by atoms with van der Waals surface area (Å²) in [6.45, 7) is 12.8. The molecule has 2 atom stereocenters. The van der Waals surface area contributed by atoms with Crippen LogP contribution >= 0.6 is 11.6 Å². The first-order valence-corrected chi connectivity index (χ1v) is 10.3. The molecule has 1 aromatic heterocycles. The first kappa shape index (κ1) is 22.0. The van der Waals surface area contributed by atoms with Crippen LogP contribution < -0.4 is 4.90 Å². The lowest BCUT2D eigenvalue weighted by atomic mass is 9.93. The fourth-order valence-corrected chi connectivity index (χ4v) is 4.18. The topological polar surface area (TPSA) is 48.9 Å². The maximum atomic E-state index is 13.3. The van der Waals surface area contributed by atoms with Gasteiger partial charge in [-0.15, -0.1) is 0 Å². The summed E-state index contributed by atoms with van der Waals surface area (Å²) in [4.78, 5) is 22.2. The molecular weight excluding hydrogens is 402 g/mol. The van der Waals surface area contributed by atoms with Crippen molar-refractivity contribution in [3.8, 4) is 0 Å². The Morgan fingerprint density at radius 2 is 1.90 bits per heavy atom. The Hall–Kier alpha value is -1.67. The van der Waals surface area contributed by atoms with Crippen molar-refractivity contribution in [3.05, 3.63) is 22.5 Å². The van der Waals surface area contributed by atoms with Gasteiger partial charge in [0.25, 0.3) is 6.43 Å². The minimum atomic E-state index is -2.65. The molecule has 29 heavy (non-hydrogen) atoms. The third kappa shape index (κ3) is 4.74. The normalized spacial score (nSPS) is 23.3. The largest absolute Gasteiger partial charge is 0.444 e. The van der Waals surface area contributed by atoms with E-state index in [0.717, 1.165) is 25.3 Å². The number of piperazine rings is 1. The van der Waals surface area contributed by atoms with E-state index < -0.39 is 12.0 Å². The monoisotopic (exact) mass is 430 g/mol.